The van der Waals surface area contributed by atoms with Crippen LogP contribution in [0.25, 0.3) is 10.2 Å². The van der Waals surface area contributed by atoms with Crippen LogP contribution in [0.2, 0.25) is 0 Å². The Labute approximate surface area is 104 Å². The SMILES string of the molecule is CCCN(CC(=O)O)c1nc2ccccc2s1. The van der Waals surface area contributed by atoms with Crippen LogP contribution in [0.5, 0.6) is 0 Å². The quantitative estimate of drug-likeness (QED) is 0.886. The Balaban J connectivity index is 2.31. The number of fused-ring (bicyclic) bond motifs is 1. The molecule has 0 radical (unpaired) electrons. The number of benzene rings is 1. The zero-order chi connectivity index (χ0) is 12.3. The van der Waals surface area contributed by atoms with Gasteiger partial charge >= 0.3 is 5.97 Å². The van der Waals surface area contributed by atoms with Crippen LogP contribution in [0, 0.1) is 0 Å². The van der Waals surface area contributed by atoms with Crippen LogP contribution in [0.4, 0.5) is 5.13 Å². The molecule has 0 spiro atoms. The normalized spacial score (nSPS) is 10.6. The first kappa shape index (κ1) is 11.9. The number of para-hydroxylation sites is 1. The Morgan fingerprint density at radius 1 is 1.47 bits per heavy atom. The van der Waals surface area contributed by atoms with Crippen molar-refractivity contribution in [1.29, 1.82) is 0 Å². The zero-order valence-electron chi connectivity index (χ0n) is 9.59. The number of carbonyl (C=O) groups is 1. The van der Waals surface area contributed by atoms with Gasteiger partial charge in [0.15, 0.2) is 5.13 Å². The summed E-state index contributed by atoms with van der Waals surface area (Å²) < 4.78 is 1.09. The second-order valence-electron chi connectivity index (χ2n) is 3.78. The highest BCUT2D eigenvalue weighted by molar-refractivity contribution is 7.22. The molecule has 2 rings (SSSR count). The summed E-state index contributed by atoms with van der Waals surface area (Å²) in [5, 5.41) is 9.67. The second kappa shape index (κ2) is 5.14. The van der Waals surface area contributed by atoms with Crippen molar-refractivity contribution in [3.8, 4) is 0 Å². The molecule has 2 aromatic rings. The summed E-state index contributed by atoms with van der Waals surface area (Å²) in [6.45, 7) is 2.75. The van der Waals surface area contributed by atoms with E-state index in [-0.39, 0.29) is 6.54 Å². The first-order chi connectivity index (χ1) is 8.20. The molecule has 0 unspecified atom stereocenters. The van der Waals surface area contributed by atoms with Crippen LogP contribution in [0.1, 0.15) is 13.3 Å². The maximum Gasteiger partial charge on any atom is 0.323 e. The number of aliphatic carboxylic acids is 1. The van der Waals surface area contributed by atoms with E-state index in [1.54, 1.807) is 0 Å². The molecule has 0 bridgehead atoms. The van der Waals surface area contributed by atoms with Crippen molar-refractivity contribution >= 4 is 32.7 Å². The number of anilines is 1. The van der Waals surface area contributed by atoms with Gasteiger partial charge in [0.05, 0.1) is 10.2 Å². The number of aromatic nitrogens is 1. The summed E-state index contributed by atoms with van der Waals surface area (Å²) in [6.07, 6.45) is 0.906. The molecule has 0 saturated carbocycles. The number of nitrogens with zero attached hydrogens (tertiary/aromatic N) is 2. The van der Waals surface area contributed by atoms with E-state index >= 15 is 0 Å². The minimum atomic E-state index is -0.822. The summed E-state index contributed by atoms with van der Waals surface area (Å²) >= 11 is 1.54. The second-order valence-corrected chi connectivity index (χ2v) is 4.79. The monoisotopic (exact) mass is 250 g/mol. The van der Waals surface area contributed by atoms with Gasteiger partial charge in [-0.1, -0.05) is 30.4 Å². The molecule has 90 valence electrons. The van der Waals surface area contributed by atoms with Gasteiger partial charge in [0, 0.05) is 6.54 Å². The largest absolute Gasteiger partial charge is 0.480 e. The van der Waals surface area contributed by atoms with Crippen LogP contribution in [0.3, 0.4) is 0 Å². The van der Waals surface area contributed by atoms with E-state index in [9.17, 15) is 4.79 Å². The Hall–Kier alpha value is -1.62. The molecule has 0 amide bonds. The maximum atomic E-state index is 10.8. The minimum absolute atomic E-state index is 0.00760. The Bertz CT molecular complexity index is 491. The molecule has 0 aliphatic heterocycles. The van der Waals surface area contributed by atoms with Crippen molar-refractivity contribution in [2.75, 3.05) is 18.0 Å². The molecule has 0 aliphatic carbocycles. The van der Waals surface area contributed by atoms with Crippen molar-refractivity contribution in [3.05, 3.63) is 24.3 Å². The fourth-order valence-corrected chi connectivity index (χ4v) is 2.66. The summed E-state index contributed by atoms with van der Waals surface area (Å²) in [6, 6.07) is 7.85. The number of thiazole rings is 1. The fourth-order valence-electron chi connectivity index (χ4n) is 1.67. The van der Waals surface area contributed by atoms with Crippen LogP contribution in [-0.2, 0) is 4.79 Å². The van der Waals surface area contributed by atoms with Crippen LogP contribution >= 0.6 is 11.3 Å². The highest BCUT2D eigenvalue weighted by Gasteiger charge is 2.14. The first-order valence-corrected chi connectivity index (χ1v) is 6.34. The van der Waals surface area contributed by atoms with Crippen molar-refractivity contribution in [2.24, 2.45) is 0 Å². The molecule has 0 aliphatic rings. The predicted octanol–water partition coefficient (Wildman–Crippen LogP) is 2.60. The molecular weight excluding hydrogens is 236 g/mol. The van der Waals surface area contributed by atoms with Crippen molar-refractivity contribution < 1.29 is 9.90 Å². The lowest BCUT2D eigenvalue weighted by Crippen LogP contribution is -2.30. The number of hydrogen-bond acceptors (Lipinski definition) is 4. The summed E-state index contributed by atoms with van der Waals surface area (Å²) in [4.78, 5) is 17.1. The fraction of sp³-hybridized carbons (Fsp3) is 0.333. The van der Waals surface area contributed by atoms with E-state index in [0.717, 1.165) is 21.8 Å². The van der Waals surface area contributed by atoms with Gasteiger partial charge in [-0.3, -0.25) is 4.79 Å². The first-order valence-electron chi connectivity index (χ1n) is 5.53. The molecule has 1 heterocycles. The van der Waals surface area contributed by atoms with Crippen molar-refractivity contribution in [3.63, 3.8) is 0 Å². The third-order valence-corrected chi connectivity index (χ3v) is 3.47. The topological polar surface area (TPSA) is 53.4 Å². The lowest BCUT2D eigenvalue weighted by molar-refractivity contribution is -0.135. The third kappa shape index (κ3) is 2.74. The van der Waals surface area contributed by atoms with Crippen molar-refractivity contribution in [2.45, 2.75) is 13.3 Å². The molecule has 1 N–H and O–H groups in total. The lowest BCUT2D eigenvalue weighted by atomic mass is 10.3. The third-order valence-electron chi connectivity index (χ3n) is 2.37. The van der Waals surface area contributed by atoms with Gasteiger partial charge in [-0.15, -0.1) is 0 Å². The lowest BCUT2D eigenvalue weighted by Gasteiger charge is -2.18. The van der Waals surface area contributed by atoms with Gasteiger partial charge in [-0.05, 0) is 18.6 Å². The van der Waals surface area contributed by atoms with E-state index in [1.165, 1.54) is 11.3 Å². The van der Waals surface area contributed by atoms with E-state index in [1.807, 2.05) is 36.1 Å². The Morgan fingerprint density at radius 3 is 2.88 bits per heavy atom. The van der Waals surface area contributed by atoms with Gasteiger partial charge in [-0.25, -0.2) is 4.98 Å². The minimum Gasteiger partial charge on any atom is -0.480 e. The Kier molecular flexibility index (Phi) is 3.58. The van der Waals surface area contributed by atoms with Gasteiger partial charge < -0.3 is 10.0 Å². The number of carboxylic acids is 1. The van der Waals surface area contributed by atoms with Gasteiger partial charge in [0.25, 0.3) is 0 Å². The zero-order valence-corrected chi connectivity index (χ0v) is 10.4. The standard InChI is InChI=1S/C12H14N2O2S/c1-2-7-14(8-11(15)16)12-13-9-5-3-4-6-10(9)17-12/h3-6H,2,7-8H2,1H3,(H,15,16). The molecule has 1 aromatic heterocycles. The highest BCUT2D eigenvalue weighted by atomic mass is 32.1. The molecule has 0 saturated heterocycles. The van der Waals surface area contributed by atoms with E-state index in [2.05, 4.69) is 4.98 Å². The molecular formula is C12H14N2O2S. The summed E-state index contributed by atoms with van der Waals surface area (Å²) in [5.41, 5.74) is 0.930. The molecule has 0 fully saturated rings. The number of hydrogen-bond donors (Lipinski definition) is 1. The van der Waals surface area contributed by atoms with Crippen LogP contribution < -0.4 is 4.90 Å². The van der Waals surface area contributed by atoms with Gasteiger partial charge in [-0.2, -0.15) is 0 Å². The highest BCUT2D eigenvalue weighted by Crippen LogP contribution is 2.28. The summed E-state index contributed by atoms with van der Waals surface area (Å²) in [7, 11) is 0. The maximum absolute atomic E-state index is 10.8. The van der Waals surface area contributed by atoms with E-state index < -0.39 is 5.97 Å². The van der Waals surface area contributed by atoms with Crippen LogP contribution in [0.15, 0.2) is 24.3 Å². The van der Waals surface area contributed by atoms with Crippen LogP contribution in [-0.4, -0.2) is 29.1 Å². The molecule has 5 heteroatoms. The van der Waals surface area contributed by atoms with E-state index in [4.69, 9.17) is 5.11 Å². The van der Waals surface area contributed by atoms with Crippen molar-refractivity contribution in [1.82, 2.24) is 4.98 Å². The van der Waals surface area contributed by atoms with Gasteiger partial charge in [0.2, 0.25) is 0 Å². The number of carboxylic acid groups (broad SMARTS) is 1. The molecule has 0 atom stereocenters. The molecule has 17 heavy (non-hydrogen) atoms. The predicted molar refractivity (Wildman–Crippen MR) is 69.8 cm³/mol. The van der Waals surface area contributed by atoms with Gasteiger partial charge in [0.1, 0.15) is 6.54 Å². The molecule has 4 nitrogen and oxygen atoms in total. The summed E-state index contributed by atoms with van der Waals surface area (Å²) in [5.74, 6) is -0.822. The molecule has 1 aromatic carbocycles. The number of rotatable bonds is 5. The Morgan fingerprint density at radius 2 is 2.24 bits per heavy atom. The smallest absolute Gasteiger partial charge is 0.323 e. The average molecular weight is 250 g/mol. The average Bonchev–Trinajstić information content (AvgIpc) is 2.71. The van der Waals surface area contributed by atoms with E-state index in [0.29, 0.717) is 6.54 Å².